The van der Waals surface area contributed by atoms with Crippen molar-refractivity contribution in [1.82, 2.24) is 0 Å². The second-order valence-corrected chi connectivity index (χ2v) is 5.16. The molecule has 1 aromatic carbocycles. The number of ether oxygens (including phenoxy) is 1. The normalized spacial score (nSPS) is 14.8. The van der Waals surface area contributed by atoms with Crippen LogP contribution in [-0.4, -0.2) is 12.6 Å². The zero-order valence-corrected chi connectivity index (χ0v) is 11.6. The Hall–Kier alpha value is -1.57. The van der Waals surface area contributed by atoms with Crippen LogP contribution in [0.25, 0.3) is 6.08 Å². The first-order valence-corrected chi connectivity index (χ1v) is 7.19. The van der Waals surface area contributed by atoms with E-state index in [2.05, 4.69) is 31.2 Å². The Bertz CT molecular complexity index is 427. The van der Waals surface area contributed by atoms with E-state index in [9.17, 15) is 4.79 Å². The van der Waals surface area contributed by atoms with Crippen LogP contribution < -0.4 is 0 Å². The summed E-state index contributed by atoms with van der Waals surface area (Å²) < 4.78 is 5.16. The minimum atomic E-state index is -0.0714. The van der Waals surface area contributed by atoms with Crippen LogP contribution in [0.15, 0.2) is 30.3 Å². The van der Waals surface area contributed by atoms with E-state index in [0.29, 0.717) is 13.0 Å². The van der Waals surface area contributed by atoms with Crippen LogP contribution in [0.5, 0.6) is 0 Å². The van der Waals surface area contributed by atoms with E-state index in [0.717, 1.165) is 24.3 Å². The van der Waals surface area contributed by atoms with Crippen molar-refractivity contribution in [1.29, 1.82) is 0 Å². The standard InChI is InChI=1S/C17H22O2/c1-2-14-5-7-15(8-6-14)4-3-13-19-17(18)12-11-16-9-10-16/h3-8,16H,2,9-13H2,1H3. The lowest BCUT2D eigenvalue weighted by atomic mass is 10.1. The van der Waals surface area contributed by atoms with E-state index < -0.39 is 0 Å². The monoisotopic (exact) mass is 258 g/mol. The molecular formula is C17H22O2. The molecule has 0 radical (unpaired) electrons. The maximum absolute atomic E-state index is 11.4. The summed E-state index contributed by atoms with van der Waals surface area (Å²) in [7, 11) is 0. The third-order valence-corrected chi connectivity index (χ3v) is 3.49. The van der Waals surface area contributed by atoms with Gasteiger partial charge in [0.15, 0.2) is 0 Å². The van der Waals surface area contributed by atoms with Crippen molar-refractivity contribution in [3.8, 4) is 0 Å². The number of hydrogen-bond acceptors (Lipinski definition) is 2. The van der Waals surface area contributed by atoms with Gasteiger partial charge in [0, 0.05) is 6.42 Å². The minimum Gasteiger partial charge on any atom is -0.461 e. The molecule has 2 nitrogen and oxygen atoms in total. The first-order chi connectivity index (χ1) is 9.28. The predicted molar refractivity (Wildman–Crippen MR) is 77.8 cm³/mol. The SMILES string of the molecule is CCc1ccc(C=CCOC(=O)CCC2CC2)cc1. The van der Waals surface area contributed by atoms with Crippen LogP contribution in [0, 0.1) is 5.92 Å². The van der Waals surface area contributed by atoms with Crippen molar-refractivity contribution >= 4 is 12.0 Å². The lowest BCUT2D eigenvalue weighted by molar-refractivity contribution is -0.142. The average molecular weight is 258 g/mol. The van der Waals surface area contributed by atoms with Gasteiger partial charge in [0.1, 0.15) is 6.61 Å². The lowest BCUT2D eigenvalue weighted by Crippen LogP contribution is -2.04. The first kappa shape index (κ1) is 13.9. The molecular weight excluding hydrogens is 236 g/mol. The van der Waals surface area contributed by atoms with E-state index in [1.165, 1.54) is 18.4 Å². The molecule has 1 saturated carbocycles. The Labute approximate surface area is 115 Å². The number of rotatable bonds is 7. The van der Waals surface area contributed by atoms with Crippen molar-refractivity contribution in [3.63, 3.8) is 0 Å². The molecule has 2 heteroatoms. The molecule has 0 unspecified atom stereocenters. The van der Waals surface area contributed by atoms with E-state index in [-0.39, 0.29) is 5.97 Å². The summed E-state index contributed by atoms with van der Waals surface area (Å²) in [5.41, 5.74) is 2.48. The topological polar surface area (TPSA) is 26.3 Å². The molecule has 102 valence electrons. The molecule has 1 aliphatic carbocycles. The van der Waals surface area contributed by atoms with Crippen molar-refractivity contribution in [3.05, 3.63) is 41.5 Å². The zero-order chi connectivity index (χ0) is 13.5. The molecule has 0 aliphatic heterocycles. The molecule has 0 spiro atoms. The lowest BCUT2D eigenvalue weighted by Gasteiger charge is -2.01. The van der Waals surface area contributed by atoms with Crippen molar-refractivity contribution in [2.75, 3.05) is 6.61 Å². The van der Waals surface area contributed by atoms with Gasteiger partial charge in [0.2, 0.25) is 0 Å². The number of benzene rings is 1. The van der Waals surface area contributed by atoms with Gasteiger partial charge in [-0.25, -0.2) is 0 Å². The van der Waals surface area contributed by atoms with Gasteiger partial charge >= 0.3 is 5.97 Å². The number of esters is 1. The van der Waals surface area contributed by atoms with Crippen LogP contribution in [0.3, 0.4) is 0 Å². The number of carbonyl (C=O) groups excluding carboxylic acids is 1. The summed E-state index contributed by atoms with van der Waals surface area (Å²) in [6.07, 6.45) is 9.11. The molecule has 0 heterocycles. The van der Waals surface area contributed by atoms with Gasteiger partial charge in [0.05, 0.1) is 0 Å². The van der Waals surface area contributed by atoms with Gasteiger partial charge in [-0.2, -0.15) is 0 Å². The van der Waals surface area contributed by atoms with Crippen molar-refractivity contribution in [2.45, 2.75) is 39.0 Å². The van der Waals surface area contributed by atoms with Gasteiger partial charge in [-0.3, -0.25) is 4.79 Å². The Morgan fingerprint density at radius 2 is 2.05 bits per heavy atom. The fraction of sp³-hybridized carbons (Fsp3) is 0.471. The van der Waals surface area contributed by atoms with Crippen LogP contribution in [0.4, 0.5) is 0 Å². The molecule has 2 rings (SSSR count). The fourth-order valence-electron chi connectivity index (χ4n) is 1.99. The molecule has 1 aromatic rings. The summed E-state index contributed by atoms with van der Waals surface area (Å²) in [6.45, 7) is 2.52. The summed E-state index contributed by atoms with van der Waals surface area (Å²) in [5.74, 6) is 0.720. The fourth-order valence-corrected chi connectivity index (χ4v) is 1.99. The maximum Gasteiger partial charge on any atom is 0.306 e. The summed E-state index contributed by atoms with van der Waals surface area (Å²) >= 11 is 0. The average Bonchev–Trinajstić information content (AvgIpc) is 3.26. The van der Waals surface area contributed by atoms with Gasteiger partial charge in [-0.1, -0.05) is 50.1 Å². The number of aryl methyl sites for hydroxylation is 1. The number of carbonyl (C=O) groups is 1. The largest absolute Gasteiger partial charge is 0.461 e. The molecule has 19 heavy (non-hydrogen) atoms. The summed E-state index contributed by atoms with van der Waals surface area (Å²) in [5, 5.41) is 0. The van der Waals surface area contributed by atoms with E-state index in [1.54, 1.807) is 0 Å². The van der Waals surface area contributed by atoms with E-state index >= 15 is 0 Å². The predicted octanol–water partition coefficient (Wildman–Crippen LogP) is 4.00. The van der Waals surface area contributed by atoms with Crippen LogP contribution in [-0.2, 0) is 16.0 Å². The highest BCUT2D eigenvalue weighted by Gasteiger charge is 2.21. The molecule has 0 N–H and O–H groups in total. The third-order valence-electron chi connectivity index (χ3n) is 3.49. The molecule has 0 aromatic heterocycles. The van der Waals surface area contributed by atoms with Gasteiger partial charge < -0.3 is 4.74 Å². The third kappa shape index (κ3) is 5.29. The highest BCUT2D eigenvalue weighted by atomic mass is 16.5. The summed E-state index contributed by atoms with van der Waals surface area (Å²) in [4.78, 5) is 11.4. The highest BCUT2D eigenvalue weighted by Crippen LogP contribution is 2.33. The molecule has 1 aliphatic rings. The molecule has 0 bridgehead atoms. The van der Waals surface area contributed by atoms with E-state index in [4.69, 9.17) is 4.74 Å². The second kappa shape index (κ2) is 7.13. The van der Waals surface area contributed by atoms with Crippen LogP contribution >= 0.6 is 0 Å². The summed E-state index contributed by atoms with van der Waals surface area (Å²) in [6, 6.07) is 8.43. The Morgan fingerprint density at radius 1 is 1.32 bits per heavy atom. The van der Waals surface area contributed by atoms with Crippen LogP contribution in [0.2, 0.25) is 0 Å². The Morgan fingerprint density at radius 3 is 2.68 bits per heavy atom. The van der Waals surface area contributed by atoms with E-state index in [1.807, 2.05) is 12.2 Å². The van der Waals surface area contributed by atoms with Gasteiger partial charge in [0.25, 0.3) is 0 Å². The highest BCUT2D eigenvalue weighted by molar-refractivity contribution is 5.69. The van der Waals surface area contributed by atoms with Crippen molar-refractivity contribution in [2.24, 2.45) is 5.92 Å². The smallest absolute Gasteiger partial charge is 0.306 e. The molecule has 0 saturated heterocycles. The second-order valence-electron chi connectivity index (χ2n) is 5.16. The minimum absolute atomic E-state index is 0.0714. The van der Waals surface area contributed by atoms with Gasteiger partial charge in [-0.05, 0) is 36.0 Å². The molecule has 0 amide bonds. The molecule has 1 fully saturated rings. The first-order valence-electron chi connectivity index (χ1n) is 7.19. The maximum atomic E-state index is 11.4. The van der Waals surface area contributed by atoms with Gasteiger partial charge in [-0.15, -0.1) is 0 Å². The molecule has 0 atom stereocenters. The van der Waals surface area contributed by atoms with Crippen molar-refractivity contribution < 1.29 is 9.53 Å². The Kier molecular flexibility index (Phi) is 5.20. The quantitative estimate of drug-likeness (QED) is 0.691. The van der Waals surface area contributed by atoms with Crippen LogP contribution in [0.1, 0.15) is 43.7 Å². The Balaban J connectivity index is 1.65. The number of hydrogen-bond donors (Lipinski definition) is 0. The zero-order valence-electron chi connectivity index (χ0n) is 11.6.